The fourth-order valence-corrected chi connectivity index (χ4v) is 4.83. The molecule has 0 N–H and O–H groups in total. The van der Waals surface area contributed by atoms with Crippen LogP contribution in [0.1, 0.15) is 62.1 Å². The summed E-state index contributed by atoms with van der Waals surface area (Å²) in [7, 11) is 1.76. The third-order valence-electron chi connectivity index (χ3n) is 6.64. The van der Waals surface area contributed by atoms with Gasteiger partial charge in [-0.2, -0.15) is 0 Å². The van der Waals surface area contributed by atoms with Crippen molar-refractivity contribution in [2.24, 2.45) is 5.92 Å². The number of amides is 2. The van der Waals surface area contributed by atoms with Crippen molar-refractivity contribution in [3.63, 3.8) is 0 Å². The molecule has 0 saturated carbocycles. The lowest BCUT2D eigenvalue weighted by Gasteiger charge is -2.38. The molecule has 6 nitrogen and oxygen atoms in total. The van der Waals surface area contributed by atoms with Gasteiger partial charge in [0, 0.05) is 20.0 Å². The number of furan rings is 1. The number of benzene rings is 2. The Kier molecular flexibility index (Phi) is 8.14. The van der Waals surface area contributed by atoms with E-state index in [9.17, 15) is 9.59 Å². The van der Waals surface area contributed by atoms with Crippen molar-refractivity contribution in [3.05, 3.63) is 89.4 Å². The van der Waals surface area contributed by atoms with Crippen LogP contribution in [-0.4, -0.2) is 41.3 Å². The molecule has 1 aliphatic heterocycles. The summed E-state index contributed by atoms with van der Waals surface area (Å²) in [5, 5.41) is 0. The Balaban J connectivity index is 1.60. The van der Waals surface area contributed by atoms with Crippen LogP contribution in [-0.2, 0) is 22.6 Å². The average Bonchev–Trinajstić information content (AvgIpc) is 3.39. The summed E-state index contributed by atoms with van der Waals surface area (Å²) < 4.78 is 11.6. The van der Waals surface area contributed by atoms with Crippen molar-refractivity contribution in [2.75, 3.05) is 13.6 Å². The van der Waals surface area contributed by atoms with Crippen LogP contribution >= 0.6 is 0 Å². The number of ether oxygens (including phenoxy) is 1. The van der Waals surface area contributed by atoms with Crippen LogP contribution in [0.15, 0.2) is 71.3 Å². The van der Waals surface area contributed by atoms with E-state index in [1.54, 1.807) is 18.2 Å². The first-order valence-corrected chi connectivity index (χ1v) is 12.8. The highest BCUT2D eigenvalue weighted by molar-refractivity contribution is 5.81. The Morgan fingerprint density at radius 2 is 1.89 bits per heavy atom. The molecule has 2 atom stereocenters. The fourth-order valence-electron chi connectivity index (χ4n) is 4.83. The van der Waals surface area contributed by atoms with Crippen molar-refractivity contribution in [1.82, 2.24) is 9.80 Å². The normalized spacial score (nSPS) is 15.9. The average molecular weight is 489 g/mol. The van der Waals surface area contributed by atoms with E-state index in [-0.39, 0.29) is 17.9 Å². The van der Waals surface area contributed by atoms with Gasteiger partial charge in [-0.25, -0.2) is 0 Å². The molecule has 6 heteroatoms. The summed E-state index contributed by atoms with van der Waals surface area (Å²) in [6, 6.07) is 19.7. The molecular weight excluding hydrogens is 452 g/mol. The first-order chi connectivity index (χ1) is 17.4. The first kappa shape index (κ1) is 25.5. The minimum atomic E-state index is -0.611. The summed E-state index contributed by atoms with van der Waals surface area (Å²) in [6.07, 6.45) is 2.85. The lowest BCUT2D eigenvalue weighted by Crippen LogP contribution is -2.41. The van der Waals surface area contributed by atoms with Gasteiger partial charge in [0.2, 0.25) is 5.91 Å². The Bertz CT molecular complexity index is 1160. The number of hydrogen-bond donors (Lipinski definition) is 0. The predicted molar refractivity (Wildman–Crippen MR) is 139 cm³/mol. The quantitative estimate of drug-likeness (QED) is 0.392. The van der Waals surface area contributed by atoms with Crippen molar-refractivity contribution in [2.45, 2.75) is 58.7 Å². The van der Waals surface area contributed by atoms with Crippen LogP contribution < -0.4 is 4.74 Å². The van der Waals surface area contributed by atoms with E-state index in [2.05, 4.69) is 32.0 Å². The molecule has 1 aliphatic rings. The topological polar surface area (TPSA) is 63.0 Å². The molecule has 1 aromatic heterocycles. The van der Waals surface area contributed by atoms with Gasteiger partial charge in [0.05, 0.1) is 18.8 Å². The van der Waals surface area contributed by atoms with Crippen LogP contribution in [0, 0.1) is 5.92 Å². The SMILES string of the molecule is CC[C@H](Oc1ccc2c(c1)[C@@H](c1ccccc1)N(C(=O)CC(C)C)CC2)C(=O)N(C)Cc1ccco1. The maximum Gasteiger partial charge on any atom is 0.263 e. The smallest absolute Gasteiger partial charge is 0.263 e. The summed E-state index contributed by atoms with van der Waals surface area (Å²) in [6.45, 7) is 7.17. The van der Waals surface area contributed by atoms with Gasteiger partial charge in [-0.3, -0.25) is 9.59 Å². The van der Waals surface area contributed by atoms with E-state index in [4.69, 9.17) is 9.15 Å². The second-order valence-corrected chi connectivity index (χ2v) is 9.90. The molecule has 4 rings (SSSR count). The molecule has 3 aromatic rings. The molecule has 190 valence electrons. The monoisotopic (exact) mass is 488 g/mol. The molecule has 0 spiro atoms. The lowest BCUT2D eigenvalue weighted by molar-refractivity contribution is -0.138. The zero-order valence-corrected chi connectivity index (χ0v) is 21.6. The molecule has 2 heterocycles. The first-order valence-electron chi connectivity index (χ1n) is 12.8. The van der Waals surface area contributed by atoms with Crippen molar-refractivity contribution < 1.29 is 18.7 Å². The molecule has 2 amide bonds. The number of carbonyl (C=O) groups is 2. The lowest BCUT2D eigenvalue weighted by atomic mass is 9.87. The number of hydrogen-bond acceptors (Lipinski definition) is 4. The Labute approximate surface area is 213 Å². The fraction of sp³-hybridized carbons (Fsp3) is 0.400. The second kappa shape index (κ2) is 11.5. The standard InChI is InChI=1S/C30H36N2O4/c1-5-27(30(34)31(4)20-25-12-9-17-35-25)36-24-14-13-22-15-16-32(28(33)18-21(2)3)29(26(22)19-24)23-10-7-6-8-11-23/h6-14,17,19,21,27,29H,5,15-16,18,20H2,1-4H3/t27-,29+/m0/s1. The van der Waals surface area contributed by atoms with Crippen LogP contribution in [0.5, 0.6) is 5.75 Å². The minimum Gasteiger partial charge on any atom is -0.481 e. The molecule has 0 unspecified atom stereocenters. The van der Waals surface area contributed by atoms with Gasteiger partial charge in [0.1, 0.15) is 11.5 Å². The van der Waals surface area contributed by atoms with Crippen molar-refractivity contribution in [1.29, 1.82) is 0 Å². The van der Waals surface area contributed by atoms with Gasteiger partial charge >= 0.3 is 0 Å². The number of rotatable bonds is 9. The van der Waals surface area contributed by atoms with Gasteiger partial charge in [0.15, 0.2) is 6.10 Å². The molecule has 0 radical (unpaired) electrons. The summed E-state index contributed by atoms with van der Waals surface area (Å²) in [5.41, 5.74) is 3.35. The van der Waals surface area contributed by atoms with E-state index < -0.39 is 6.10 Å². The summed E-state index contributed by atoms with van der Waals surface area (Å²) in [5.74, 6) is 1.72. The highest BCUT2D eigenvalue weighted by Gasteiger charge is 2.33. The zero-order chi connectivity index (χ0) is 25.7. The minimum absolute atomic E-state index is 0.0973. The van der Waals surface area contributed by atoms with Gasteiger partial charge in [-0.15, -0.1) is 0 Å². The van der Waals surface area contributed by atoms with Gasteiger partial charge in [-0.05, 0) is 59.7 Å². The molecule has 36 heavy (non-hydrogen) atoms. The predicted octanol–water partition coefficient (Wildman–Crippen LogP) is 5.62. The van der Waals surface area contributed by atoms with Gasteiger partial charge < -0.3 is 19.0 Å². The molecule has 0 fully saturated rings. The van der Waals surface area contributed by atoms with Crippen LogP contribution in [0.3, 0.4) is 0 Å². The van der Waals surface area contributed by atoms with E-state index in [1.807, 2.05) is 54.3 Å². The number of likely N-dealkylation sites (N-methyl/N-ethyl adjacent to an activating group) is 1. The van der Waals surface area contributed by atoms with Crippen molar-refractivity contribution in [3.8, 4) is 5.75 Å². The summed E-state index contributed by atoms with van der Waals surface area (Å²) in [4.78, 5) is 30.0. The van der Waals surface area contributed by atoms with E-state index >= 15 is 0 Å². The van der Waals surface area contributed by atoms with Crippen LogP contribution in [0.25, 0.3) is 0 Å². The third kappa shape index (κ3) is 5.81. The number of fused-ring (bicyclic) bond motifs is 1. The second-order valence-electron chi connectivity index (χ2n) is 9.90. The maximum atomic E-state index is 13.2. The van der Waals surface area contributed by atoms with E-state index in [0.29, 0.717) is 37.6 Å². The van der Waals surface area contributed by atoms with Crippen molar-refractivity contribution >= 4 is 11.8 Å². The van der Waals surface area contributed by atoms with E-state index in [0.717, 1.165) is 23.3 Å². The Morgan fingerprint density at radius 3 is 2.56 bits per heavy atom. The molecule has 0 aliphatic carbocycles. The Morgan fingerprint density at radius 1 is 1.11 bits per heavy atom. The van der Waals surface area contributed by atoms with Gasteiger partial charge in [0.25, 0.3) is 5.91 Å². The number of nitrogens with zero attached hydrogens (tertiary/aromatic N) is 2. The highest BCUT2D eigenvalue weighted by Crippen LogP contribution is 2.38. The Hall–Kier alpha value is -3.54. The number of carbonyl (C=O) groups excluding carboxylic acids is 2. The zero-order valence-electron chi connectivity index (χ0n) is 21.6. The summed E-state index contributed by atoms with van der Waals surface area (Å²) >= 11 is 0. The van der Waals surface area contributed by atoms with Crippen LogP contribution in [0.4, 0.5) is 0 Å². The molecular formula is C30H36N2O4. The molecule has 0 saturated heterocycles. The molecule has 2 aromatic carbocycles. The molecule has 0 bridgehead atoms. The van der Waals surface area contributed by atoms with Crippen LogP contribution in [0.2, 0.25) is 0 Å². The maximum absolute atomic E-state index is 13.2. The highest BCUT2D eigenvalue weighted by atomic mass is 16.5. The largest absolute Gasteiger partial charge is 0.481 e. The van der Waals surface area contributed by atoms with E-state index in [1.165, 1.54) is 5.56 Å². The third-order valence-corrected chi connectivity index (χ3v) is 6.64. The van der Waals surface area contributed by atoms with Gasteiger partial charge in [-0.1, -0.05) is 57.2 Å².